The standard InChI is InChI=1S/C29H41N3O4S/c1-5-27(29(34)30-25-14-9-10-15-25)31(21-24-12-7-6-8-13-24)28(33)16-11-19-32(37(4,35)36)26-18-17-22(2)23(3)20-26/h6-8,12-13,17-18,20,25,27H,5,9-11,14-16,19,21H2,1-4H3,(H,30,34). The summed E-state index contributed by atoms with van der Waals surface area (Å²) in [6.07, 6.45) is 6.39. The highest BCUT2D eigenvalue weighted by atomic mass is 32.2. The van der Waals surface area contributed by atoms with Gasteiger partial charge in [-0.2, -0.15) is 0 Å². The van der Waals surface area contributed by atoms with E-state index in [2.05, 4.69) is 5.32 Å². The molecule has 0 aromatic heterocycles. The first-order valence-corrected chi connectivity index (χ1v) is 15.1. The minimum Gasteiger partial charge on any atom is -0.352 e. The average molecular weight is 528 g/mol. The molecule has 3 rings (SSSR count). The summed E-state index contributed by atoms with van der Waals surface area (Å²) in [5.74, 6) is -0.252. The van der Waals surface area contributed by atoms with E-state index in [4.69, 9.17) is 0 Å². The van der Waals surface area contributed by atoms with Crippen molar-refractivity contribution < 1.29 is 18.0 Å². The van der Waals surface area contributed by atoms with Gasteiger partial charge in [0.1, 0.15) is 6.04 Å². The van der Waals surface area contributed by atoms with Gasteiger partial charge in [0, 0.05) is 25.6 Å². The molecule has 0 saturated heterocycles. The Hall–Kier alpha value is -2.87. The lowest BCUT2D eigenvalue weighted by molar-refractivity contribution is -0.141. The van der Waals surface area contributed by atoms with Crippen molar-refractivity contribution in [3.8, 4) is 0 Å². The van der Waals surface area contributed by atoms with Crippen molar-refractivity contribution >= 4 is 27.5 Å². The van der Waals surface area contributed by atoms with E-state index in [-0.39, 0.29) is 30.8 Å². The first-order valence-electron chi connectivity index (χ1n) is 13.3. The second-order valence-corrected chi connectivity index (χ2v) is 12.0. The maximum atomic E-state index is 13.5. The summed E-state index contributed by atoms with van der Waals surface area (Å²) < 4.78 is 26.5. The van der Waals surface area contributed by atoms with E-state index in [1.807, 2.05) is 63.2 Å². The fourth-order valence-electron chi connectivity index (χ4n) is 4.95. The van der Waals surface area contributed by atoms with Crippen molar-refractivity contribution in [1.29, 1.82) is 0 Å². The van der Waals surface area contributed by atoms with Gasteiger partial charge in [0.05, 0.1) is 11.9 Å². The number of hydrogen-bond donors (Lipinski definition) is 1. The van der Waals surface area contributed by atoms with Crippen LogP contribution in [0.15, 0.2) is 48.5 Å². The number of nitrogens with one attached hydrogen (secondary N) is 1. The number of benzene rings is 2. The molecule has 1 atom stereocenters. The predicted octanol–water partition coefficient (Wildman–Crippen LogP) is 4.72. The Morgan fingerprint density at radius 3 is 2.30 bits per heavy atom. The van der Waals surface area contributed by atoms with Crippen molar-refractivity contribution in [1.82, 2.24) is 10.2 Å². The van der Waals surface area contributed by atoms with E-state index in [1.165, 1.54) is 10.6 Å². The molecule has 1 aliphatic carbocycles. The van der Waals surface area contributed by atoms with Gasteiger partial charge in [-0.1, -0.05) is 56.2 Å². The molecule has 2 aromatic carbocycles. The number of hydrogen-bond acceptors (Lipinski definition) is 4. The molecule has 1 fully saturated rings. The van der Waals surface area contributed by atoms with Gasteiger partial charge in [-0.3, -0.25) is 13.9 Å². The summed E-state index contributed by atoms with van der Waals surface area (Å²) in [7, 11) is -3.52. The van der Waals surface area contributed by atoms with Crippen LogP contribution >= 0.6 is 0 Å². The van der Waals surface area contributed by atoms with E-state index in [1.54, 1.807) is 11.0 Å². The molecular weight excluding hydrogens is 486 g/mol. The summed E-state index contributed by atoms with van der Waals surface area (Å²) in [5.41, 5.74) is 3.65. The Morgan fingerprint density at radius 2 is 1.70 bits per heavy atom. The van der Waals surface area contributed by atoms with E-state index in [9.17, 15) is 18.0 Å². The summed E-state index contributed by atoms with van der Waals surface area (Å²) in [6.45, 7) is 6.39. The maximum Gasteiger partial charge on any atom is 0.243 e. The van der Waals surface area contributed by atoms with Crippen molar-refractivity contribution in [2.45, 2.75) is 84.3 Å². The van der Waals surface area contributed by atoms with Crippen molar-refractivity contribution in [3.63, 3.8) is 0 Å². The Morgan fingerprint density at radius 1 is 1.03 bits per heavy atom. The van der Waals surface area contributed by atoms with Crippen molar-refractivity contribution in [2.75, 3.05) is 17.1 Å². The molecule has 1 unspecified atom stereocenters. The number of anilines is 1. The zero-order valence-corrected chi connectivity index (χ0v) is 23.4. The van der Waals surface area contributed by atoms with Gasteiger partial charge in [-0.25, -0.2) is 8.42 Å². The van der Waals surface area contributed by atoms with E-state index in [0.717, 1.165) is 42.4 Å². The van der Waals surface area contributed by atoms with Crippen LogP contribution in [0.3, 0.4) is 0 Å². The molecule has 2 aromatic rings. The SMILES string of the molecule is CCC(C(=O)NC1CCCC1)N(Cc1ccccc1)C(=O)CCCN(c1ccc(C)c(C)c1)S(C)(=O)=O. The smallest absolute Gasteiger partial charge is 0.243 e. The van der Waals surface area contributed by atoms with Gasteiger partial charge in [-0.15, -0.1) is 0 Å². The van der Waals surface area contributed by atoms with Gasteiger partial charge in [0.25, 0.3) is 0 Å². The molecule has 2 amide bonds. The minimum atomic E-state index is -3.52. The van der Waals surface area contributed by atoms with Crippen LogP contribution in [0.5, 0.6) is 0 Å². The summed E-state index contributed by atoms with van der Waals surface area (Å²) in [5, 5.41) is 3.16. The van der Waals surface area contributed by atoms with Gasteiger partial charge in [0.15, 0.2) is 0 Å². The van der Waals surface area contributed by atoms with Crippen molar-refractivity contribution in [2.24, 2.45) is 0 Å². The highest BCUT2D eigenvalue weighted by molar-refractivity contribution is 7.92. The summed E-state index contributed by atoms with van der Waals surface area (Å²) in [4.78, 5) is 28.4. The first-order chi connectivity index (χ1) is 17.6. The molecule has 1 N–H and O–H groups in total. The van der Waals surface area contributed by atoms with Gasteiger partial charge < -0.3 is 10.2 Å². The Kier molecular flexibility index (Phi) is 10.1. The van der Waals surface area contributed by atoms with E-state index >= 15 is 0 Å². The molecule has 0 heterocycles. The van der Waals surface area contributed by atoms with Crippen LogP contribution in [0, 0.1) is 13.8 Å². The Labute approximate surface area is 222 Å². The number of amides is 2. The second kappa shape index (κ2) is 13.1. The number of sulfonamides is 1. The summed E-state index contributed by atoms with van der Waals surface area (Å²) in [6, 6.07) is 14.8. The number of carbonyl (C=O) groups is 2. The van der Waals surface area contributed by atoms with Gasteiger partial charge >= 0.3 is 0 Å². The van der Waals surface area contributed by atoms with Gasteiger partial charge in [-0.05, 0) is 68.4 Å². The fourth-order valence-corrected chi connectivity index (χ4v) is 5.91. The van der Waals surface area contributed by atoms with Crippen LogP contribution in [0.4, 0.5) is 5.69 Å². The first kappa shape index (κ1) is 28.7. The van der Waals surface area contributed by atoms with E-state index < -0.39 is 16.1 Å². The van der Waals surface area contributed by atoms with Crippen molar-refractivity contribution in [3.05, 3.63) is 65.2 Å². The molecule has 0 aliphatic heterocycles. The molecule has 1 aliphatic rings. The zero-order valence-electron chi connectivity index (χ0n) is 22.6. The van der Waals surface area contributed by atoms with Crippen LogP contribution in [0.1, 0.15) is 68.6 Å². The van der Waals surface area contributed by atoms with Crippen LogP contribution in [0.25, 0.3) is 0 Å². The number of rotatable bonds is 12. The zero-order chi connectivity index (χ0) is 27.0. The maximum absolute atomic E-state index is 13.5. The highest BCUT2D eigenvalue weighted by Crippen LogP contribution is 2.23. The lowest BCUT2D eigenvalue weighted by atomic mass is 10.1. The number of nitrogens with zero attached hydrogens (tertiary/aromatic N) is 2. The summed E-state index contributed by atoms with van der Waals surface area (Å²) >= 11 is 0. The Balaban J connectivity index is 1.74. The average Bonchev–Trinajstić information content (AvgIpc) is 3.36. The van der Waals surface area contributed by atoms with Gasteiger partial charge in [0.2, 0.25) is 21.8 Å². The molecule has 202 valence electrons. The third-order valence-electron chi connectivity index (χ3n) is 7.21. The van der Waals surface area contributed by atoms with Crippen LogP contribution in [-0.2, 0) is 26.2 Å². The highest BCUT2D eigenvalue weighted by Gasteiger charge is 2.30. The predicted molar refractivity (Wildman–Crippen MR) is 149 cm³/mol. The second-order valence-electron chi connectivity index (χ2n) is 10.1. The topological polar surface area (TPSA) is 86.8 Å². The molecule has 7 nitrogen and oxygen atoms in total. The number of aryl methyl sites for hydroxylation is 2. The molecular formula is C29H41N3O4S. The lowest BCUT2D eigenvalue weighted by Crippen LogP contribution is -2.51. The molecule has 1 saturated carbocycles. The number of carbonyl (C=O) groups excluding carboxylic acids is 2. The monoisotopic (exact) mass is 527 g/mol. The van der Waals surface area contributed by atoms with Crippen LogP contribution in [0.2, 0.25) is 0 Å². The normalized spacial score (nSPS) is 14.8. The van der Waals surface area contributed by atoms with E-state index in [0.29, 0.717) is 25.1 Å². The third kappa shape index (κ3) is 8.06. The molecule has 0 bridgehead atoms. The molecule has 0 radical (unpaired) electrons. The third-order valence-corrected chi connectivity index (χ3v) is 8.41. The molecule has 0 spiro atoms. The molecule has 8 heteroatoms. The molecule has 37 heavy (non-hydrogen) atoms. The van der Waals surface area contributed by atoms with Crippen LogP contribution in [-0.4, -0.2) is 50.0 Å². The Bertz CT molecular complexity index is 1160. The largest absolute Gasteiger partial charge is 0.352 e. The fraction of sp³-hybridized carbons (Fsp3) is 0.517. The minimum absolute atomic E-state index is 0.105. The lowest BCUT2D eigenvalue weighted by Gasteiger charge is -2.32. The van der Waals surface area contributed by atoms with Crippen LogP contribution < -0.4 is 9.62 Å². The quantitative estimate of drug-likeness (QED) is 0.433.